The van der Waals surface area contributed by atoms with Crippen LogP contribution in [0.25, 0.3) is 22.1 Å². The molecule has 7 heteroatoms. The Bertz CT molecular complexity index is 1070. The minimum atomic E-state index is 0.0104. The molecule has 0 aliphatic carbocycles. The van der Waals surface area contributed by atoms with Crippen molar-refractivity contribution in [2.75, 3.05) is 12.3 Å². The average molecular weight is 394 g/mol. The maximum Gasteiger partial charge on any atom is 0.230 e. The standard InChI is InChI=1S/C21H23N5OS/c1-2-13-26-18-10-6-5-9-17(18)25-21(26)28-14-20(27)22-12-11-19-23-15-7-3-4-8-16(15)24-19/h3-10H,2,11-14H2,1H3,(H,22,27)(H,23,24). The molecule has 1 amide bonds. The fraction of sp³-hybridized carbons (Fsp3) is 0.286. The van der Waals surface area contributed by atoms with E-state index in [1.54, 1.807) is 0 Å². The smallest absolute Gasteiger partial charge is 0.230 e. The zero-order valence-electron chi connectivity index (χ0n) is 15.8. The van der Waals surface area contributed by atoms with Gasteiger partial charge in [-0.25, -0.2) is 9.97 Å². The summed E-state index contributed by atoms with van der Waals surface area (Å²) >= 11 is 1.49. The van der Waals surface area contributed by atoms with E-state index < -0.39 is 0 Å². The number of hydrogen-bond acceptors (Lipinski definition) is 4. The van der Waals surface area contributed by atoms with E-state index in [1.165, 1.54) is 11.8 Å². The van der Waals surface area contributed by atoms with Crippen molar-refractivity contribution in [1.82, 2.24) is 24.8 Å². The lowest BCUT2D eigenvalue weighted by Crippen LogP contribution is -2.27. The molecule has 0 aliphatic heterocycles. The molecule has 0 unspecified atom stereocenters. The van der Waals surface area contributed by atoms with E-state index in [9.17, 15) is 4.79 Å². The van der Waals surface area contributed by atoms with Gasteiger partial charge in [-0.15, -0.1) is 0 Å². The molecule has 0 atom stereocenters. The normalized spacial score (nSPS) is 11.3. The van der Waals surface area contributed by atoms with Crippen molar-refractivity contribution >= 4 is 39.7 Å². The molecule has 144 valence electrons. The monoisotopic (exact) mass is 393 g/mol. The fourth-order valence-corrected chi connectivity index (χ4v) is 4.10. The lowest BCUT2D eigenvalue weighted by Gasteiger charge is -2.07. The number of amides is 1. The third kappa shape index (κ3) is 4.04. The van der Waals surface area contributed by atoms with Gasteiger partial charge >= 0.3 is 0 Å². The van der Waals surface area contributed by atoms with Crippen LogP contribution in [-0.2, 0) is 17.8 Å². The van der Waals surface area contributed by atoms with Crippen molar-refractivity contribution in [2.45, 2.75) is 31.5 Å². The summed E-state index contributed by atoms with van der Waals surface area (Å²) in [6.07, 6.45) is 1.71. The van der Waals surface area contributed by atoms with Crippen LogP contribution in [0.15, 0.2) is 53.7 Å². The first-order valence-corrected chi connectivity index (χ1v) is 10.5. The number of para-hydroxylation sites is 4. The number of carbonyl (C=O) groups excluding carboxylic acids is 1. The van der Waals surface area contributed by atoms with Gasteiger partial charge in [-0.2, -0.15) is 0 Å². The molecular formula is C21H23N5OS. The molecular weight excluding hydrogens is 370 g/mol. The Morgan fingerprint density at radius 3 is 2.71 bits per heavy atom. The highest BCUT2D eigenvalue weighted by atomic mass is 32.2. The van der Waals surface area contributed by atoms with E-state index in [4.69, 9.17) is 0 Å². The lowest BCUT2D eigenvalue weighted by molar-refractivity contribution is -0.118. The number of rotatable bonds is 8. The second-order valence-electron chi connectivity index (χ2n) is 6.62. The molecule has 2 aromatic carbocycles. The Morgan fingerprint density at radius 1 is 1.11 bits per heavy atom. The Hall–Kier alpha value is -2.80. The lowest BCUT2D eigenvalue weighted by atomic mass is 10.3. The molecule has 0 aliphatic rings. The van der Waals surface area contributed by atoms with Gasteiger partial charge in [-0.1, -0.05) is 43.0 Å². The van der Waals surface area contributed by atoms with Crippen LogP contribution in [-0.4, -0.2) is 37.7 Å². The highest BCUT2D eigenvalue weighted by molar-refractivity contribution is 7.99. The number of nitrogens with one attached hydrogen (secondary N) is 2. The maximum atomic E-state index is 12.3. The first-order chi connectivity index (χ1) is 13.7. The van der Waals surface area contributed by atoms with Crippen LogP contribution in [0, 0.1) is 0 Å². The summed E-state index contributed by atoms with van der Waals surface area (Å²) in [7, 11) is 0. The molecule has 4 rings (SSSR count). The largest absolute Gasteiger partial charge is 0.355 e. The van der Waals surface area contributed by atoms with Gasteiger partial charge in [0.25, 0.3) is 0 Å². The number of carbonyl (C=O) groups is 1. The first kappa shape index (κ1) is 18.6. The summed E-state index contributed by atoms with van der Waals surface area (Å²) in [6, 6.07) is 16.0. The van der Waals surface area contributed by atoms with Gasteiger partial charge in [0, 0.05) is 19.5 Å². The van der Waals surface area contributed by atoms with Gasteiger partial charge in [-0.3, -0.25) is 4.79 Å². The number of aromatic amines is 1. The summed E-state index contributed by atoms with van der Waals surface area (Å²) in [5, 5.41) is 3.87. The summed E-state index contributed by atoms with van der Waals surface area (Å²) < 4.78 is 2.20. The Balaban J connectivity index is 1.32. The van der Waals surface area contributed by atoms with Crippen LogP contribution in [0.3, 0.4) is 0 Å². The summed E-state index contributed by atoms with van der Waals surface area (Å²) in [5.74, 6) is 1.25. The molecule has 28 heavy (non-hydrogen) atoms. The Labute approximate surface area is 167 Å². The molecule has 0 spiro atoms. The van der Waals surface area contributed by atoms with Crippen molar-refractivity contribution in [3.8, 4) is 0 Å². The number of nitrogens with zero attached hydrogens (tertiary/aromatic N) is 3. The van der Waals surface area contributed by atoms with Crippen molar-refractivity contribution in [2.24, 2.45) is 0 Å². The number of thioether (sulfide) groups is 1. The van der Waals surface area contributed by atoms with Crippen molar-refractivity contribution < 1.29 is 4.79 Å². The topological polar surface area (TPSA) is 75.6 Å². The highest BCUT2D eigenvalue weighted by Crippen LogP contribution is 2.24. The minimum absolute atomic E-state index is 0.0104. The number of H-pyrrole nitrogens is 1. The van der Waals surface area contributed by atoms with Gasteiger partial charge in [0.1, 0.15) is 5.82 Å². The minimum Gasteiger partial charge on any atom is -0.355 e. The van der Waals surface area contributed by atoms with E-state index in [1.807, 2.05) is 42.5 Å². The van der Waals surface area contributed by atoms with E-state index >= 15 is 0 Å². The third-order valence-electron chi connectivity index (χ3n) is 4.52. The predicted molar refractivity (Wildman–Crippen MR) is 114 cm³/mol. The van der Waals surface area contributed by atoms with Crippen LogP contribution < -0.4 is 5.32 Å². The summed E-state index contributed by atoms with van der Waals surface area (Å²) in [6.45, 7) is 3.61. The van der Waals surface area contributed by atoms with Crippen molar-refractivity contribution in [1.29, 1.82) is 0 Å². The van der Waals surface area contributed by atoms with Crippen molar-refractivity contribution in [3.63, 3.8) is 0 Å². The molecule has 2 aromatic heterocycles. The Kier molecular flexibility index (Phi) is 5.62. The SMILES string of the molecule is CCCn1c(SCC(=O)NCCc2nc3ccccc3[nH]2)nc2ccccc21. The van der Waals surface area contributed by atoms with Crippen LogP contribution in [0.5, 0.6) is 0 Å². The van der Waals surface area contributed by atoms with Crippen LogP contribution in [0.1, 0.15) is 19.2 Å². The first-order valence-electron chi connectivity index (χ1n) is 9.53. The number of benzene rings is 2. The molecule has 4 aromatic rings. The molecule has 0 bridgehead atoms. The summed E-state index contributed by atoms with van der Waals surface area (Å²) in [4.78, 5) is 24.8. The van der Waals surface area contributed by atoms with E-state index in [0.717, 1.165) is 46.0 Å². The van der Waals surface area contributed by atoms with Gasteiger partial charge < -0.3 is 14.9 Å². The molecule has 2 heterocycles. The zero-order valence-corrected chi connectivity index (χ0v) is 16.6. The predicted octanol–water partition coefficient (Wildman–Crippen LogP) is 3.77. The molecule has 0 saturated heterocycles. The zero-order chi connectivity index (χ0) is 19.3. The number of hydrogen-bond donors (Lipinski definition) is 2. The van der Waals surface area contributed by atoms with E-state index in [-0.39, 0.29) is 5.91 Å². The van der Waals surface area contributed by atoms with Gasteiger partial charge in [0.15, 0.2) is 5.16 Å². The maximum absolute atomic E-state index is 12.3. The quantitative estimate of drug-likeness (QED) is 0.447. The highest BCUT2D eigenvalue weighted by Gasteiger charge is 2.12. The number of imidazole rings is 2. The molecule has 0 saturated carbocycles. The molecule has 6 nitrogen and oxygen atoms in total. The molecule has 0 radical (unpaired) electrons. The number of fused-ring (bicyclic) bond motifs is 2. The van der Waals surface area contributed by atoms with Crippen LogP contribution in [0.2, 0.25) is 0 Å². The number of aromatic nitrogens is 4. The molecule has 0 fully saturated rings. The van der Waals surface area contributed by atoms with Gasteiger partial charge in [-0.05, 0) is 30.7 Å². The third-order valence-corrected chi connectivity index (χ3v) is 5.50. The number of aryl methyl sites for hydroxylation is 1. The summed E-state index contributed by atoms with van der Waals surface area (Å²) in [5.41, 5.74) is 4.07. The van der Waals surface area contributed by atoms with Crippen LogP contribution >= 0.6 is 11.8 Å². The average Bonchev–Trinajstić information content (AvgIpc) is 3.28. The van der Waals surface area contributed by atoms with Gasteiger partial charge in [0.2, 0.25) is 5.91 Å². The van der Waals surface area contributed by atoms with E-state index in [0.29, 0.717) is 18.7 Å². The second-order valence-corrected chi connectivity index (χ2v) is 7.57. The van der Waals surface area contributed by atoms with Crippen molar-refractivity contribution in [3.05, 3.63) is 54.4 Å². The second kappa shape index (κ2) is 8.48. The van der Waals surface area contributed by atoms with E-state index in [2.05, 4.69) is 37.8 Å². The molecule has 2 N–H and O–H groups in total. The van der Waals surface area contributed by atoms with Crippen LogP contribution in [0.4, 0.5) is 0 Å². The van der Waals surface area contributed by atoms with Gasteiger partial charge in [0.05, 0.1) is 27.8 Å². The fourth-order valence-electron chi connectivity index (χ4n) is 3.23. The Morgan fingerprint density at radius 2 is 1.89 bits per heavy atom.